The minimum atomic E-state index is -0.472. The van der Waals surface area contributed by atoms with Crippen molar-refractivity contribution in [1.29, 1.82) is 0 Å². The van der Waals surface area contributed by atoms with Gasteiger partial charge in [-0.25, -0.2) is 9.97 Å². The van der Waals surface area contributed by atoms with Crippen LogP contribution in [-0.4, -0.2) is 27.4 Å². The van der Waals surface area contributed by atoms with Crippen LogP contribution in [0.3, 0.4) is 0 Å². The Morgan fingerprint density at radius 3 is 2.79 bits per heavy atom. The number of nitrogens with zero attached hydrogens (tertiary/aromatic N) is 3. The fourth-order valence-electron chi connectivity index (χ4n) is 4.12. The van der Waals surface area contributed by atoms with Crippen LogP contribution in [0.4, 0.5) is 5.82 Å². The minimum absolute atomic E-state index is 0.123. The second-order valence-electron chi connectivity index (χ2n) is 7.30. The summed E-state index contributed by atoms with van der Waals surface area (Å²) in [5.41, 5.74) is 6.07. The first kappa shape index (κ1) is 17.2. The summed E-state index contributed by atoms with van der Waals surface area (Å²) in [6.07, 6.45) is 5.92. The number of nitrogen functional groups attached to an aromatic ring is 1. The van der Waals surface area contributed by atoms with E-state index in [9.17, 15) is 4.79 Å². The van der Waals surface area contributed by atoms with Crippen LogP contribution in [0.2, 0.25) is 0 Å². The summed E-state index contributed by atoms with van der Waals surface area (Å²) in [7, 11) is 1.47. The van der Waals surface area contributed by atoms with Gasteiger partial charge in [0, 0.05) is 17.8 Å². The van der Waals surface area contributed by atoms with E-state index in [2.05, 4.69) is 41.7 Å². The molecule has 2 aromatic rings. The molecule has 2 aromatic heterocycles. The number of nitrogens with two attached hydrogens (primary N) is 1. The van der Waals surface area contributed by atoms with Crippen molar-refractivity contribution in [3.8, 4) is 0 Å². The Labute approximate surface area is 149 Å². The molecular formula is C17H23BrN4O2. The summed E-state index contributed by atoms with van der Waals surface area (Å²) in [5.74, 6) is 1.42. The molecular weight excluding hydrogens is 372 g/mol. The predicted octanol–water partition coefficient (Wildman–Crippen LogP) is 3.33. The van der Waals surface area contributed by atoms with Gasteiger partial charge in [0.25, 0.3) is 0 Å². The van der Waals surface area contributed by atoms with Crippen LogP contribution < -0.4 is 5.73 Å². The number of hydrogen-bond acceptors (Lipinski definition) is 5. The zero-order chi connectivity index (χ0) is 17.7. The van der Waals surface area contributed by atoms with Crippen LogP contribution in [-0.2, 0) is 14.9 Å². The van der Waals surface area contributed by atoms with Crippen molar-refractivity contribution in [1.82, 2.24) is 14.4 Å². The fraction of sp³-hybridized carbons (Fsp3) is 0.588. The smallest absolute Gasteiger partial charge is 0.312 e. The highest BCUT2D eigenvalue weighted by atomic mass is 79.9. The number of halogens is 1. The number of hydrogen-bond donors (Lipinski definition) is 1. The predicted molar refractivity (Wildman–Crippen MR) is 95.6 cm³/mol. The van der Waals surface area contributed by atoms with Crippen LogP contribution in [0.15, 0.2) is 17.0 Å². The van der Waals surface area contributed by atoms with Crippen molar-refractivity contribution in [3.05, 3.63) is 22.8 Å². The molecule has 2 heterocycles. The van der Waals surface area contributed by atoms with Crippen LogP contribution in [0.25, 0.3) is 5.52 Å². The van der Waals surface area contributed by atoms with Crippen LogP contribution in [0.5, 0.6) is 0 Å². The lowest BCUT2D eigenvalue weighted by Crippen LogP contribution is -2.37. The molecule has 0 bridgehead atoms. The van der Waals surface area contributed by atoms with Gasteiger partial charge < -0.3 is 10.5 Å². The van der Waals surface area contributed by atoms with Gasteiger partial charge in [-0.2, -0.15) is 0 Å². The highest BCUT2D eigenvalue weighted by molar-refractivity contribution is 9.10. The number of methoxy groups -OCH3 is 1. The maximum atomic E-state index is 12.5. The molecule has 0 amide bonds. The molecule has 2 atom stereocenters. The summed E-state index contributed by atoms with van der Waals surface area (Å²) in [4.78, 5) is 21.4. The molecule has 24 heavy (non-hydrogen) atoms. The average molecular weight is 395 g/mol. The molecule has 2 unspecified atom stereocenters. The summed E-state index contributed by atoms with van der Waals surface area (Å²) >= 11 is 3.50. The van der Waals surface area contributed by atoms with Crippen LogP contribution in [0.1, 0.15) is 45.9 Å². The van der Waals surface area contributed by atoms with E-state index in [0.717, 1.165) is 24.2 Å². The third kappa shape index (κ3) is 2.32. The second kappa shape index (κ2) is 5.72. The van der Waals surface area contributed by atoms with Gasteiger partial charge in [0.15, 0.2) is 5.82 Å². The maximum absolute atomic E-state index is 12.5. The third-order valence-electron chi connectivity index (χ3n) is 5.61. The van der Waals surface area contributed by atoms with Crippen molar-refractivity contribution < 1.29 is 9.53 Å². The first-order valence-electron chi connectivity index (χ1n) is 8.12. The van der Waals surface area contributed by atoms with Crippen molar-refractivity contribution >= 4 is 33.2 Å². The first-order valence-corrected chi connectivity index (χ1v) is 8.91. The molecule has 0 spiro atoms. The Morgan fingerprint density at radius 1 is 1.46 bits per heavy atom. The molecule has 1 saturated carbocycles. The van der Waals surface area contributed by atoms with E-state index in [4.69, 9.17) is 15.5 Å². The van der Waals surface area contributed by atoms with Crippen molar-refractivity contribution in [2.24, 2.45) is 11.3 Å². The summed E-state index contributed by atoms with van der Waals surface area (Å²) in [6.45, 7) is 6.34. The number of ether oxygens (including phenoxy) is 1. The number of carbonyl (C=O) groups excluding carboxylic acids is 1. The lowest BCUT2D eigenvalue weighted by molar-refractivity contribution is -0.155. The number of esters is 1. The lowest BCUT2D eigenvalue weighted by Gasteiger charge is -2.32. The Kier molecular flexibility index (Phi) is 4.10. The molecule has 6 nitrogen and oxygen atoms in total. The second-order valence-corrected chi connectivity index (χ2v) is 8.05. The zero-order valence-corrected chi connectivity index (χ0v) is 16.1. The van der Waals surface area contributed by atoms with E-state index in [1.54, 1.807) is 6.20 Å². The number of anilines is 1. The van der Waals surface area contributed by atoms with E-state index in [1.165, 1.54) is 7.11 Å². The molecule has 3 rings (SSSR count). The molecule has 1 fully saturated rings. The van der Waals surface area contributed by atoms with Crippen molar-refractivity contribution in [2.75, 3.05) is 12.8 Å². The van der Waals surface area contributed by atoms with Gasteiger partial charge in [-0.05, 0) is 41.1 Å². The molecule has 7 heteroatoms. The molecule has 0 aliphatic heterocycles. The molecule has 130 valence electrons. The molecule has 1 aliphatic rings. The Balaban J connectivity index is 2.11. The van der Waals surface area contributed by atoms with E-state index in [1.807, 2.05) is 10.6 Å². The van der Waals surface area contributed by atoms with E-state index in [0.29, 0.717) is 16.8 Å². The highest BCUT2D eigenvalue weighted by Crippen LogP contribution is 2.55. The van der Waals surface area contributed by atoms with E-state index in [-0.39, 0.29) is 17.3 Å². The summed E-state index contributed by atoms with van der Waals surface area (Å²) in [6, 6.07) is 0. The summed E-state index contributed by atoms with van der Waals surface area (Å²) in [5, 5.41) is 0. The van der Waals surface area contributed by atoms with E-state index >= 15 is 0 Å². The van der Waals surface area contributed by atoms with Gasteiger partial charge in [-0.3, -0.25) is 9.20 Å². The number of rotatable bonds is 3. The SMILES string of the molecule is COC(=O)C1(C(C)C)CCC(C)(c2nc(Br)c3c(N)nccn23)C1. The average Bonchev–Trinajstić information content (AvgIpc) is 3.08. The Hall–Kier alpha value is -1.63. The topological polar surface area (TPSA) is 82.5 Å². The molecule has 0 aromatic carbocycles. The van der Waals surface area contributed by atoms with Crippen LogP contribution >= 0.6 is 15.9 Å². The molecule has 1 aliphatic carbocycles. The molecule has 2 N–H and O–H groups in total. The zero-order valence-electron chi connectivity index (χ0n) is 14.5. The largest absolute Gasteiger partial charge is 0.469 e. The first-order chi connectivity index (χ1) is 11.2. The Bertz CT molecular complexity index is 803. The number of imidazole rings is 1. The van der Waals surface area contributed by atoms with Gasteiger partial charge in [-0.15, -0.1) is 0 Å². The van der Waals surface area contributed by atoms with Gasteiger partial charge in [0.1, 0.15) is 15.9 Å². The molecule has 0 radical (unpaired) electrons. The summed E-state index contributed by atoms with van der Waals surface area (Å²) < 4.78 is 7.81. The standard InChI is InChI=1S/C17H23BrN4O2/c1-10(2)17(15(23)24-4)6-5-16(3,9-17)14-21-12(18)11-13(19)20-7-8-22(11)14/h7-8,10H,5-6,9H2,1-4H3,(H2,19,20). The lowest BCUT2D eigenvalue weighted by atomic mass is 9.72. The third-order valence-corrected chi connectivity index (χ3v) is 6.16. The highest BCUT2D eigenvalue weighted by Gasteiger charge is 2.55. The van der Waals surface area contributed by atoms with E-state index < -0.39 is 5.41 Å². The number of aromatic nitrogens is 3. The van der Waals surface area contributed by atoms with Crippen molar-refractivity contribution in [2.45, 2.75) is 45.4 Å². The number of carbonyl (C=O) groups is 1. The normalized spacial score (nSPS) is 27.1. The van der Waals surface area contributed by atoms with Gasteiger partial charge in [0.05, 0.1) is 12.5 Å². The number of fused-ring (bicyclic) bond motifs is 1. The van der Waals surface area contributed by atoms with Crippen molar-refractivity contribution in [3.63, 3.8) is 0 Å². The maximum Gasteiger partial charge on any atom is 0.312 e. The van der Waals surface area contributed by atoms with Gasteiger partial charge in [-0.1, -0.05) is 20.8 Å². The van der Waals surface area contributed by atoms with Gasteiger partial charge >= 0.3 is 5.97 Å². The fourth-order valence-corrected chi connectivity index (χ4v) is 4.68. The van der Waals surface area contributed by atoms with Gasteiger partial charge in [0.2, 0.25) is 0 Å². The quantitative estimate of drug-likeness (QED) is 0.807. The van der Waals surface area contributed by atoms with Crippen LogP contribution in [0, 0.1) is 11.3 Å². The Morgan fingerprint density at radius 2 is 2.17 bits per heavy atom. The minimum Gasteiger partial charge on any atom is -0.469 e. The molecule has 0 saturated heterocycles. The monoisotopic (exact) mass is 394 g/mol.